The zero-order valence-electron chi connectivity index (χ0n) is 8.62. The first kappa shape index (κ1) is 9.85. The van der Waals surface area contributed by atoms with Crippen LogP contribution in [-0.2, 0) is 0 Å². The highest BCUT2D eigenvalue weighted by molar-refractivity contribution is 5.48. The van der Waals surface area contributed by atoms with E-state index in [2.05, 4.69) is 56.3 Å². The van der Waals surface area contributed by atoms with Gasteiger partial charge in [-0.2, -0.15) is 0 Å². The standard InChI is InChI=1S/C12H17N/c1-4-11(2)10-13(3)12-8-6-5-7-9-12/h5-10H,4H2,1-3H3/b11-10+. The van der Waals surface area contributed by atoms with E-state index in [0.717, 1.165) is 6.42 Å². The first-order chi connectivity index (χ1) is 6.24. The maximum absolute atomic E-state index is 2.18. The molecule has 1 aromatic carbocycles. The van der Waals surface area contributed by atoms with E-state index in [-0.39, 0.29) is 0 Å². The third kappa shape index (κ3) is 2.94. The molecule has 1 nitrogen and oxygen atoms in total. The van der Waals surface area contributed by atoms with Crippen LogP contribution >= 0.6 is 0 Å². The zero-order chi connectivity index (χ0) is 9.68. The van der Waals surface area contributed by atoms with Crippen LogP contribution in [0.2, 0.25) is 0 Å². The summed E-state index contributed by atoms with van der Waals surface area (Å²) in [6, 6.07) is 10.4. The van der Waals surface area contributed by atoms with Gasteiger partial charge in [-0.15, -0.1) is 0 Å². The Kier molecular flexibility index (Phi) is 3.56. The van der Waals surface area contributed by atoms with E-state index >= 15 is 0 Å². The number of benzene rings is 1. The monoisotopic (exact) mass is 175 g/mol. The van der Waals surface area contributed by atoms with Gasteiger partial charge in [0.2, 0.25) is 0 Å². The Balaban J connectivity index is 2.75. The molecule has 0 spiro atoms. The number of nitrogens with zero attached hydrogens (tertiary/aromatic N) is 1. The summed E-state index contributed by atoms with van der Waals surface area (Å²) in [7, 11) is 2.08. The van der Waals surface area contributed by atoms with Gasteiger partial charge in [0.1, 0.15) is 0 Å². The van der Waals surface area contributed by atoms with Crippen LogP contribution in [0.5, 0.6) is 0 Å². The van der Waals surface area contributed by atoms with Crippen LogP contribution in [0.4, 0.5) is 5.69 Å². The van der Waals surface area contributed by atoms with Gasteiger partial charge in [0.25, 0.3) is 0 Å². The molecule has 0 heterocycles. The van der Waals surface area contributed by atoms with Crippen LogP contribution in [0.25, 0.3) is 0 Å². The molecule has 0 N–H and O–H groups in total. The van der Waals surface area contributed by atoms with Crippen LogP contribution in [0.3, 0.4) is 0 Å². The SMILES string of the molecule is CC/C(C)=C/N(C)c1ccccc1. The van der Waals surface area contributed by atoms with Crippen molar-refractivity contribution in [2.45, 2.75) is 20.3 Å². The fraction of sp³-hybridized carbons (Fsp3) is 0.333. The van der Waals surface area contributed by atoms with Crippen LogP contribution in [0, 0.1) is 0 Å². The maximum Gasteiger partial charge on any atom is 0.0403 e. The van der Waals surface area contributed by atoms with Crippen molar-refractivity contribution in [2.75, 3.05) is 11.9 Å². The number of hydrogen-bond acceptors (Lipinski definition) is 1. The van der Waals surface area contributed by atoms with Crippen molar-refractivity contribution in [2.24, 2.45) is 0 Å². The lowest BCUT2D eigenvalue weighted by Gasteiger charge is -2.15. The summed E-state index contributed by atoms with van der Waals surface area (Å²) >= 11 is 0. The molecule has 0 aromatic heterocycles. The second kappa shape index (κ2) is 4.70. The van der Waals surface area contributed by atoms with E-state index in [1.807, 2.05) is 6.07 Å². The zero-order valence-corrected chi connectivity index (χ0v) is 8.62. The second-order valence-corrected chi connectivity index (χ2v) is 3.28. The first-order valence-corrected chi connectivity index (χ1v) is 4.69. The molecule has 1 heteroatoms. The number of allylic oxidation sites excluding steroid dienone is 1. The molecule has 1 aromatic rings. The van der Waals surface area contributed by atoms with E-state index in [1.54, 1.807) is 0 Å². The average molecular weight is 175 g/mol. The average Bonchev–Trinajstić information content (AvgIpc) is 2.19. The van der Waals surface area contributed by atoms with Gasteiger partial charge in [0.05, 0.1) is 0 Å². The van der Waals surface area contributed by atoms with Crippen molar-refractivity contribution in [1.82, 2.24) is 0 Å². The van der Waals surface area contributed by atoms with E-state index in [0.29, 0.717) is 0 Å². The molecule has 0 aliphatic carbocycles. The molecule has 0 aliphatic heterocycles. The summed E-state index contributed by atoms with van der Waals surface area (Å²) in [5.41, 5.74) is 2.63. The summed E-state index contributed by atoms with van der Waals surface area (Å²) in [6.07, 6.45) is 3.28. The van der Waals surface area contributed by atoms with Crippen molar-refractivity contribution >= 4 is 5.69 Å². The molecule has 0 radical (unpaired) electrons. The van der Waals surface area contributed by atoms with Crippen LogP contribution in [-0.4, -0.2) is 7.05 Å². The van der Waals surface area contributed by atoms with Crippen molar-refractivity contribution in [3.63, 3.8) is 0 Å². The van der Waals surface area contributed by atoms with Crippen LogP contribution < -0.4 is 4.90 Å². The summed E-state index contributed by atoms with van der Waals surface area (Å²) in [6.45, 7) is 4.32. The van der Waals surface area contributed by atoms with Gasteiger partial charge in [-0.05, 0) is 25.5 Å². The molecule has 0 amide bonds. The number of para-hydroxylation sites is 1. The molecule has 0 fully saturated rings. The van der Waals surface area contributed by atoms with Gasteiger partial charge < -0.3 is 4.90 Å². The summed E-state index contributed by atoms with van der Waals surface area (Å²) in [4.78, 5) is 2.15. The van der Waals surface area contributed by atoms with Crippen molar-refractivity contribution in [1.29, 1.82) is 0 Å². The largest absolute Gasteiger partial charge is 0.351 e. The molecule has 0 saturated carbocycles. The minimum atomic E-state index is 1.11. The van der Waals surface area contributed by atoms with Gasteiger partial charge in [0, 0.05) is 18.9 Å². The topological polar surface area (TPSA) is 3.24 Å². The third-order valence-electron chi connectivity index (χ3n) is 2.14. The Morgan fingerprint density at radius 2 is 1.92 bits per heavy atom. The predicted octanol–water partition coefficient (Wildman–Crippen LogP) is 3.44. The molecule has 0 aliphatic rings. The normalized spacial score (nSPS) is 11.5. The predicted molar refractivity (Wildman–Crippen MR) is 58.9 cm³/mol. The molecule has 0 saturated heterocycles. The van der Waals surface area contributed by atoms with Gasteiger partial charge >= 0.3 is 0 Å². The second-order valence-electron chi connectivity index (χ2n) is 3.28. The van der Waals surface area contributed by atoms with Crippen molar-refractivity contribution in [3.05, 3.63) is 42.1 Å². The molecule has 70 valence electrons. The smallest absolute Gasteiger partial charge is 0.0403 e. The van der Waals surface area contributed by atoms with Gasteiger partial charge in [-0.1, -0.05) is 30.7 Å². The first-order valence-electron chi connectivity index (χ1n) is 4.69. The van der Waals surface area contributed by atoms with Crippen molar-refractivity contribution in [3.8, 4) is 0 Å². The fourth-order valence-corrected chi connectivity index (χ4v) is 1.16. The molecule has 1 rings (SSSR count). The lowest BCUT2D eigenvalue weighted by molar-refractivity contribution is 1.06. The molecule has 0 bridgehead atoms. The Morgan fingerprint density at radius 1 is 1.31 bits per heavy atom. The lowest BCUT2D eigenvalue weighted by atomic mass is 10.2. The lowest BCUT2D eigenvalue weighted by Crippen LogP contribution is -2.08. The van der Waals surface area contributed by atoms with Crippen LogP contribution in [0.15, 0.2) is 42.1 Å². The summed E-state index contributed by atoms with van der Waals surface area (Å²) in [5.74, 6) is 0. The highest BCUT2D eigenvalue weighted by atomic mass is 15.1. The highest BCUT2D eigenvalue weighted by Crippen LogP contribution is 2.13. The number of rotatable bonds is 3. The van der Waals surface area contributed by atoms with Gasteiger partial charge in [-0.3, -0.25) is 0 Å². The Bertz CT molecular complexity index is 274. The van der Waals surface area contributed by atoms with E-state index in [9.17, 15) is 0 Å². The summed E-state index contributed by atoms with van der Waals surface area (Å²) < 4.78 is 0. The Hall–Kier alpha value is -1.24. The molecular weight excluding hydrogens is 158 g/mol. The molecule has 0 unspecified atom stereocenters. The number of hydrogen-bond donors (Lipinski definition) is 0. The Labute approximate surface area is 80.7 Å². The minimum Gasteiger partial charge on any atom is -0.351 e. The van der Waals surface area contributed by atoms with Crippen LogP contribution in [0.1, 0.15) is 20.3 Å². The van der Waals surface area contributed by atoms with E-state index in [4.69, 9.17) is 0 Å². The third-order valence-corrected chi connectivity index (χ3v) is 2.14. The number of anilines is 1. The van der Waals surface area contributed by atoms with Crippen molar-refractivity contribution < 1.29 is 0 Å². The van der Waals surface area contributed by atoms with E-state index in [1.165, 1.54) is 11.3 Å². The molecule has 13 heavy (non-hydrogen) atoms. The van der Waals surface area contributed by atoms with Gasteiger partial charge in [0.15, 0.2) is 0 Å². The Morgan fingerprint density at radius 3 is 2.46 bits per heavy atom. The van der Waals surface area contributed by atoms with Gasteiger partial charge in [-0.25, -0.2) is 0 Å². The molecular formula is C12H17N. The quantitative estimate of drug-likeness (QED) is 0.680. The van der Waals surface area contributed by atoms with E-state index < -0.39 is 0 Å². The highest BCUT2D eigenvalue weighted by Gasteiger charge is 1.94. The summed E-state index contributed by atoms with van der Waals surface area (Å²) in [5, 5.41) is 0. The minimum absolute atomic E-state index is 1.11. The molecule has 0 atom stereocenters. The fourth-order valence-electron chi connectivity index (χ4n) is 1.16. The maximum atomic E-state index is 2.18.